The van der Waals surface area contributed by atoms with Gasteiger partial charge < -0.3 is 4.74 Å². The third-order valence-corrected chi connectivity index (χ3v) is 3.09. The van der Waals surface area contributed by atoms with Gasteiger partial charge in [-0.15, -0.1) is 0 Å². The monoisotopic (exact) mass is 269 g/mol. The zero-order valence-electron chi connectivity index (χ0n) is 11.0. The summed E-state index contributed by atoms with van der Waals surface area (Å²) in [6.07, 6.45) is 0.0720. The molecule has 1 aliphatic rings. The predicted molar refractivity (Wildman–Crippen MR) is 67.1 cm³/mol. The molecule has 0 radical (unpaired) electrons. The second-order valence-corrected chi connectivity index (χ2v) is 5.00. The highest BCUT2D eigenvalue weighted by Gasteiger charge is 2.25. The van der Waals surface area contributed by atoms with Crippen LogP contribution in [-0.2, 0) is 4.74 Å². The number of nitrogens with zero attached hydrogens (tertiary/aromatic N) is 1. The van der Waals surface area contributed by atoms with E-state index in [0.29, 0.717) is 13.1 Å². The van der Waals surface area contributed by atoms with Gasteiger partial charge in [-0.2, -0.15) is 0 Å². The highest BCUT2D eigenvalue weighted by Crippen LogP contribution is 2.14. The molecule has 2 atom stereocenters. The lowest BCUT2D eigenvalue weighted by molar-refractivity contribution is -0.0652. The van der Waals surface area contributed by atoms with Crippen LogP contribution >= 0.6 is 0 Å². The van der Waals surface area contributed by atoms with E-state index in [-0.39, 0.29) is 24.3 Å². The first-order chi connectivity index (χ1) is 8.95. The van der Waals surface area contributed by atoms with Crippen LogP contribution in [0.1, 0.15) is 24.2 Å². The lowest BCUT2D eigenvalue weighted by atomic mass is 10.1. The Balaban J connectivity index is 2.06. The second kappa shape index (κ2) is 5.75. The van der Waals surface area contributed by atoms with Crippen molar-refractivity contribution in [3.63, 3.8) is 0 Å². The third kappa shape index (κ3) is 3.58. The minimum atomic E-state index is -0.680. The molecule has 0 spiro atoms. The van der Waals surface area contributed by atoms with E-state index in [2.05, 4.69) is 0 Å². The van der Waals surface area contributed by atoms with Crippen molar-refractivity contribution >= 4 is 5.78 Å². The molecule has 1 aromatic rings. The molecule has 1 saturated heterocycles. The molecule has 1 aliphatic heterocycles. The Kier molecular flexibility index (Phi) is 4.27. The molecular weight excluding hydrogens is 252 g/mol. The van der Waals surface area contributed by atoms with E-state index in [1.807, 2.05) is 18.7 Å². The maximum atomic E-state index is 13.5. The Morgan fingerprint density at radius 3 is 2.58 bits per heavy atom. The van der Waals surface area contributed by atoms with E-state index in [4.69, 9.17) is 4.74 Å². The SMILES string of the molecule is CC1CN(CC(=O)c2cc(F)ccc2F)CC(C)O1. The van der Waals surface area contributed by atoms with E-state index >= 15 is 0 Å². The number of hydrogen-bond donors (Lipinski definition) is 0. The number of Topliss-reactive ketones (excluding diaryl/α,β-unsaturated/α-hetero) is 1. The fraction of sp³-hybridized carbons (Fsp3) is 0.500. The molecular formula is C14H17F2NO2. The van der Waals surface area contributed by atoms with Crippen LogP contribution in [0, 0.1) is 11.6 Å². The topological polar surface area (TPSA) is 29.5 Å². The number of hydrogen-bond acceptors (Lipinski definition) is 3. The van der Waals surface area contributed by atoms with Crippen molar-refractivity contribution in [1.29, 1.82) is 0 Å². The highest BCUT2D eigenvalue weighted by molar-refractivity contribution is 5.97. The van der Waals surface area contributed by atoms with Crippen LogP contribution in [0.15, 0.2) is 18.2 Å². The number of benzene rings is 1. The summed E-state index contributed by atoms with van der Waals surface area (Å²) in [5.74, 6) is -1.69. The lowest BCUT2D eigenvalue weighted by Crippen LogP contribution is -2.47. The Hall–Kier alpha value is -1.33. The van der Waals surface area contributed by atoms with Crippen LogP contribution in [0.25, 0.3) is 0 Å². The fourth-order valence-corrected chi connectivity index (χ4v) is 2.41. The number of carbonyl (C=O) groups is 1. The zero-order valence-corrected chi connectivity index (χ0v) is 11.0. The van der Waals surface area contributed by atoms with Crippen molar-refractivity contribution in [1.82, 2.24) is 4.90 Å². The number of morpholine rings is 1. The summed E-state index contributed by atoms with van der Waals surface area (Å²) in [7, 11) is 0. The Morgan fingerprint density at radius 2 is 1.95 bits per heavy atom. The van der Waals surface area contributed by atoms with Crippen molar-refractivity contribution < 1.29 is 18.3 Å². The van der Waals surface area contributed by atoms with Crippen molar-refractivity contribution in [2.75, 3.05) is 19.6 Å². The molecule has 0 aromatic heterocycles. The van der Waals surface area contributed by atoms with Crippen LogP contribution in [0.3, 0.4) is 0 Å². The standard InChI is InChI=1S/C14H17F2NO2/c1-9-6-17(7-10(2)19-9)8-14(18)12-5-11(15)3-4-13(12)16/h3-5,9-10H,6-8H2,1-2H3. The summed E-state index contributed by atoms with van der Waals surface area (Å²) in [4.78, 5) is 13.9. The lowest BCUT2D eigenvalue weighted by Gasteiger charge is -2.34. The number of ether oxygens (including phenoxy) is 1. The summed E-state index contributed by atoms with van der Waals surface area (Å²) < 4.78 is 32.1. The number of rotatable bonds is 3. The molecule has 1 aromatic carbocycles. The van der Waals surface area contributed by atoms with Crippen molar-refractivity contribution in [3.8, 4) is 0 Å². The highest BCUT2D eigenvalue weighted by atomic mass is 19.1. The van der Waals surface area contributed by atoms with Gasteiger partial charge in [0.05, 0.1) is 24.3 Å². The normalized spacial score (nSPS) is 24.4. The Labute approximate surface area is 111 Å². The number of halogens is 2. The van der Waals surface area contributed by atoms with Gasteiger partial charge in [0.2, 0.25) is 0 Å². The first kappa shape index (κ1) is 14.1. The van der Waals surface area contributed by atoms with Gasteiger partial charge in [0.25, 0.3) is 0 Å². The van der Waals surface area contributed by atoms with E-state index in [1.54, 1.807) is 0 Å². The van der Waals surface area contributed by atoms with Crippen LogP contribution < -0.4 is 0 Å². The molecule has 1 fully saturated rings. The summed E-state index contributed by atoms with van der Waals surface area (Å²) in [6.45, 7) is 5.17. The quantitative estimate of drug-likeness (QED) is 0.788. The molecule has 0 saturated carbocycles. The number of ketones is 1. The fourth-order valence-electron chi connectivity index (χ4n) is 2.41. The van der Waals surface area contributed by atoms with E-state index in [0.717, 1.165) is 18.2 Å². The molecule has 1 heterocycles. The minimum absolute atomic E-state index is 0.0360. The summed E-state index contributed by atoms with van der Waals surface area (Å²) in [5.41, 5.74) is -0.188. The van der Waals surface area contributed by atoms with Crippen LogP contribution in [0.4, 0.5) is 8.78 Å². The van der Waals surface area contributed by atoms with Gasteiger partial charge >= 0.3 is 0 Å². The molecule has 0 bridgehead atoms. The molecule has 3 nitrogen and oxygen atoms in total. The van der Waals surface area contributed by atoms with Crippen molar-refractivity contribution in [2.24, 2.45) is 0 Å². The average Bonchev–Trinajstić information content (AvgIpc) is 2.30. The van der Waals surface area contributed by atoms with Crippen LogP contribution in [0.5, 0.6) is 0 Å². The zero-order chi connectivity index (χ0) is 14.0. The molecule has 2 rings (SSSR count). The maximum absolute atomic E-state index is 13.5. The Bertz CT molecular complexity index is 469. The van der Waals surface area contributed by atoms with Crippen LogP contribution in [-0.4, -0.2) is 42.5 Å². The molecule has 0 N–H and O–H groups in total. The van der Waals surface area contributed by atoms with E-state index < -0.39 is 17.4 Å². The van der Waals surface area contributed by atoms with Gasteiger partial charge in [-0.05, 0) is 32.0 Å². The average molecular weight is 269 g/mol. The van der Waals surface area contributed by atoms with E-state index in [1.165, 1.54) is 0 Å². The minimum Gasteiger partial charge on any atom is -0.373 e. The molecule has 0 amide bonds. The first-order valence-corrected chi connectivity index (χ1v) is 6.31. The smallest absolute Gasteiger partial charge is 0.179 e. The van der Waals surface area contributed by atoms with E-state index in [9.17, 15) is 13.6 Å². The van der Waals surface area contributed by atoms with Crippen molar-refractivity contribution in [2.45, 2.75) is 26.1 Å². The molecule has 104 valence electrons. The largest absolute Gasteiger partial charge is 0.373 e. The second-order valence-electron chi connectivity index (χ2n) is 5.00. The molecule has 2 unspecified atom stereocenters. The predicted octanol–water partition coefficient (Wildman–Crippen LogP) is 2.26. The van der Waals surface area contributed by atoms with Crippen LogP contribution in [0.2, 0.25) is 0 Å². The maximum Gasteiger partial charge on any atom is 0.179 e. The molecule has 19 heavy (non-hydrogen) atoms. The van der Waals surface area contributed by atoms with Gasteiger partial charge in [-0.25, -0.2) is 8.78 Å². The first-order valence-electron chi connectivity index (χ1n) is 6.31. The third-order valence-electron chi connectivity index (χ3n) is 3.09. The molecule has 5 heteroatoms. The van der Waals surface area contributed by atoms with Gasteiger partial charge in [-0.1, -0.05) is 0 Å². The van der Waals surface area contributed by atoms with Gasteiger partial charge in [0.15, 0.2) is 5.78 Å². The van der Waals surface area contributed by atoms with Gasteiger partial charge in [0, 0.05) is 13.1 Å². The number of carbonyl (C=O) groups excluding carboxylic acids is 1. The Morgan fingerprint density at radius 1 is 1.32 bits per heavy atom. The summed E-state index contributed by atoms with van der Waals surface area (Å²) in [6, 6.07) is 2.93. The molecule has 0 aliphatic carbocycles. The van der Waals surface area contributed by atoms with Gasteiger partial charge in [0.1, 0.15) is 11.6 Å². The van der Waals surface area contributed by atoms with Gasteiger partial charge in [-0.3, -0.25) is 9.69 Å². The summed E-state index contributed by atoms with van der Waals surface area (Å²) >= 11 is 0. The van der Waals surface area contributed by atoms with Crippen molar-refractivity contribution in [3.05, 3.63) is 35.4 Å². The summed E-state index contributed by atoms with van der Waals surface area (Å²) in [5, 5.41) is 0.